The molecule has 0 aliphatic heterocycles. The molecule has 2 aromatic rings. The fourth-order valence-electron chi connectivity index (χ4n) is 1.66. The molecule has 1 aromatic heterocycles. The highest BCUT2D eigenvalue weighted by Crippen LogP contribution is 2.30. The zero-order valence-electron chi connectivity index (χ0n) is 11.5. The Labute approximate surface area is 135 Å². The van der Waals surface area contributed by atoms with Crippen LogP contribution in [-0.4, -0.2) is 17.0 Å². The number of hydrazone groups is 1. The number of halogens is 1. The van der Waals surface area contributed by atoms with Gasteiger partial charge in [-0.1, -0.05) is 11.6 Å². The molecule has 1 heterocycles. The second-order valence-corrected chi connectivity index (χ2v) is 4.66. The van der Waals surface area contributed by atoms with E-state index in [4.69, 9.17) is 21.3 Å². The molecule has 8 nitrogen and oxygen atoms in total. The number of nitriles is 1. The molecule has 116 valence electrons. The summed E-state index contributed by atoms with van der Waals surface area (Å²) in [6.45, 7) is 0. The number of rotatable bonds is 5. The number of nitro benzene ring substituents is 1. The molecule has 0 aliphatic rings. The van der Waals surface area contributed by atoms with Gasteiger partial charge < -0.3 is 4.42 Å². The standard InChI is InChI=1S/C14H9ClN4O4/c15-11-3-1-9(7-12(11)19(21)22)13-4-2-10(23-13)8-17-18-14(20)5-6-16/h1-4,7-8H,5H2,(H,18,20)/b17-8-. The minimum atomic E-state index is -0.581. The topological polar surface area (TPSA) is 122 Å². The number of hydrogen-bond donors (Lipinski definition) is 1. The van der Waals surface area contributed by atoms with Crippen molar-refractivity contribution in [3.05, 3.63) is 51.2 Å². The maximum absolute atomic E-state index is 11.0. The number of nitrogens with one attached hydrogen (secondary N) is 1. The molecule has 1 N–H and O–H groups in total. The van der Waals surface area contributed by atoms with Crippen molar-refractivity contribution < 1.29 is 14.1 Å². The van der Waals surface area contributed by atoms with Gasteiger partial charge in [0.25, 0.3) is 11.6 Å². The molecule has 23 heavy (non-hydrogen) atoms. The number of nitrogens with zero attached hydrogens (tertiary/aromatic N) is 3. The van der Waals surface area contributed by atoms with Crippen LogP contribution in [0.25, 0.3) is 11.3 Å². The van der Waals surface area contributed by atoms with E-state index in [0.717, 1.165) is 0 Å². The predicted molar refractivity (Wildman–Crippen MR) is 81.8 cm³/mol. The summed E-state index contributed by atoms with van der Waals surface area (Å²) < 4.78 is 5.45. The van der Waals surface area contributed by atoms with Gasteiger partial charge in [0.15, 0.2) is 0 Å². The van der Waals surface area contributed by atoms with Gasteiger partial charge in [-0.25, -0.2) is 5.43 Å². The van der Waals surface area contributed by atoms with Gasteiger partial charge in [0.05, 0.1) is 17.2 Å². The predicted octanol–water partition coefficient (Wildman–Crippen LogP) is 2.87. The number of hydrogen-bond acceptors (Lipinski definition) is 6. The summed E-state index contributed by atoms with van der Waals surface area (Å²) in [5.41, 5.74) is 2.41. The molecule has 0 fully saturated rings. The lowest BCUT2D eigenvalue weighted by atomic mass is 10.1. The normalized spacial score (nSPS) is 10.4. The van der Waals surface area contributed by atoms with Crippen molar-refractivity contribution in [3.63, 3.8) is 0 Å². The van der Waals surface area contributed by atoms with E-state index in [1.54, 1.807) is 24.3 Å². The van der Waals surface area contributed by atoms with E-state index in [0.29, 0.717) is 17.1 Å². The summed E-state index contributed by atoms with van der Waals surface area (Å²) in [5, 5.41) is 22.9. The molecule has 9 heteroatoms. The third-order valence-electron chi connectivity index (χ3n) is 2.67. The van der Waals surface area contributed by atoms with Crippen LogP contribution in [0.15, 0.2) is 39.9 Å². The Morgan fingerprint density at radius 1 is 1.48 bits per heavy atom. The van der Waals surface area contributed by atoms with Crippen LogP contribution >= 0.6 is 11.6 Å². The number of benzene rings is 1. The lowest BCUT2D eigenvalue weighted by molar-refractivity contribution is -0.384. The number of furan rings is 1. The van der Waals surface area contributed by atoms with Crippen LogP contribution in [0, 0.1) is 21.4 Å². The van der Waals surface area contributed by atoms with E-state index < -0.39 is 10.8 Å². The Balaban J connectivity index is 2.15. The van der Waals surface area contributed by atoms with Crippen LogP contribution in [-0.2, 0) is 4.79 Å². The second kappa shape index (κ2) is 7.20. The number of carbonyl (C=O) groups is 1. The summed E-state index contributed by atoms with van der Waals surface area (Å²) >= 11 is 5.75. The molecule has 0 aliphatic carbocycles. The van der Waals surface area contributed by atoms with E-state index in [1.807, 2.05) is 0 Å². The van der Waals surface area contributed by atoms with E-state index in [2.05, 4.69) is 10.5 Å². The summed E-state index contributed by atoms with van der Waals surface area (Å²) in [5.74, 6) is 0.174. The molecule has 0 saturated heterocycles. The monoisotopic (exact) mass is 332 g/mol. The summed E-state index contributed by atoms with van der Waals surface area (Å²) in [6.07, 6.45) is 0.957. The van der Waals surface area contributed by atoms with Crippen molar-refractivity contribution >= 4 is 29.4 Å². The zero-order chi connectivity index (χ0) is 16.8. The van der Waals surface area contributed by atoms with Gasteiger partial charge in [0.1, 0.15) is 23.0 Å². The van der Waals surface area contributed by atoms with Gasteiger partial charge in [-0.3, -0.25) is 14.9 Å². The molecule has 0 radical (unpaired) electrons. The largest absolute Gasteiger partial charge is 0.455 e. The third-order valence-corrected chi connectivity index (χ3v) is 2.99. The fraction of sp³-hybridized carbons (Fsp3) is 0.0714. The van der Waals surface area contributed by atoms with E-state index in [-0.39, 0.29) is 17.1 Å². The molecular formula is C14H9ClN4O4. The maximum atomic E-state index is 11.0. The van der Waals surface area contributed by atoms with Crippen LogP contribution in [0.4, 0.5) is 5.69 Å². The Hall–Kier alpha value is -3.18. The van der Waals surface area contributed by atoms with Crippen molar-refractivity contribution in [3.8, 4) is 17.4 Å². The van der Waals surface area contributed by atoms with Gasteiger partial charge in [-0.2, -0.15) is 10.4 Å². The van der Waals surface area contributed by atoms with Gasteiger partial charge in [-0.05, 0) is 24.3 Å². The van der Waals surface area contributed by atoms with Gasteiger partial charge in [0.2, 0.25) is 0 Å². The fourth-order valence-corrected chi connectivity index (χ4v) is 1.85. The van der Waals surface area contributed by atoms with Crippen LogP contribution in [0.5, 0.6) is 0 Å². The first-order chi connectivity index (χ1) is 11.0. The van der Waals surface area contributed by atoms with Gasteiger partial charge in [0, 0.05) is 11.6 Å². The van der Waals surface area contributed by atoms with Crippen LogP contribution in [0.1, 0.15) is 12.2 Å². The Morgan fingerprint density at radius 3 is 2.96 bits per heavy atom. The molecule has 1 amide bonds. The van der Waals surface area contributed by atoms with Crippen molar-refractivity contribution in [1.29, 1.82) is 5.26 Å². The Morgan fingerprint density at radius 2 is 2.26 bits per heavy atom. The van der Waals surface area contributed by atoms with Crippen LogP contribution in [0.3, 0.4) is 0 Å². The van der Waals surface area contributed by atoms with Crippen LogP contribution < -0.4 is 5.43 Å². The zero-order valence-corrected chi connectivity index (χ0v) is 12.3. The lowest BCUT2D eigenvalue weighted by Crippen LogP contribution is -2.15. The average Bonchev–Trinajstić information content (AvgIpc) is 2.96. The number of amides is 1. The van der Waals surface area contributed by atoms with Gasteiger partial charge in [-0.15, -0.1) is 0 Å². The molecule has 0 atom stereocenters. The van der Waals surface area contributed by atoms with Crippen molar-refractivity contribution in [2.75, 3.05) is 0 Å². The van der Waals surface area contributed by atoms with E-state index in [1.165, 1.54) is 18.3 Å². The average molecular weight is 333 g/mol. The van der Waals surface area contributed by atoms with E-state index in [9.17, 15) is 14.9 Å². The van der Waals surface area contributed by atoms with Crippen molar-refractivity contribution in [2.45, 2.75) is 6.42 Å². The summed E-state index contributed by atoms with van der Waals surface area (Å²) in [6, 6.07) is 9.17. The van der Waals surface area contributed by atoms with Crippen LogP contribution in [0.2, 0.25) is 5.02 Å². The highest BCUT2D eigenvalue weighted by Gasteiger charge is 2.15. The van der Waals surface area contributed by atoms with Crippen molar-refractivity contribution in [2.24, 2.45) is 5.10 Å². The Kier molecular flexibility index (Phi) is 5.07. The third kappa shape index (κ3) is 4.15. The molecule has 0 unspecified atom stereocenters. The molecule has 2 rings (SSSR count). The quantitative estimate of drug-likeness (QED) is 0.512. The van der Waals surface area contributed by atoms with Crippen molar-refractivity contribution in [1.82, 2.24) is 5.43 Å². The minimum absolute atomic E-state index is 0.0345. The van der Waals surface area contributed by atoms with E-state index >= 15 is 0 Å². The first-order valence-electron chi connectivity index (χ1n) is 6.24. The highest BCUT2D eigenvalue weighted by atomic mass is 35.5. The smallest absolute Gasteiger partial charge is 0.288 e. The first kappa shape index (κ1) is 16.2. The molecule has 0 spiro atoms. The minimum Gasteiger partial charge on any atom is -0.455 e. The molecule has 0 bridgehead atoms. The second-order valence-electron chi connectivity index (χ2n) is 4.25. The summed E-state index contributed by atoms with van der Waals surface area (Å²) in [4.78, 5) is 21.3. The number of carbonyl (C=O) groups excluding carboxylic acids is 1. The SMILES string of the molecule is N#CCC(=O)N/N=C\c1ccc(-c2ccc(Cl)c([N+](=O)[O-])c2)o1. The molecule has 0 saturated carbocycles. The summed E-state index contributed by atoms with van der Waals surface area (Å²) in [7, 11) is 0. The molecule has 1 aromatic carbocycles. The lowest BCUT2D eigenvalue weighted by Gasteiger charge is -1.99. The highest BCUT2D eigenvalue weighted by molar-refractivity contribution is 6.32. The number of nitro groups is 1. The molecular weight excluding hydrogens is 324 g/mol. The first-order valence-corrected chi connectivity index (χ1v) is 6.62. The van der Waals surface area contributed by atoms with Gasteiger partial charge >= 0.3 is 0 Å². The Bertz CT molecular complexity index is 822. The maximum Gasteiger partial charge on any atom is 0.288 e.